The van der Waals surface area contributed by atoms with Gasteiger partial charge in [0, 0.05) is 18.8 Å². The first kappa shape index (κ1) is 16.2. The highest BCUT2D eigenvalue weighted by Gasteiger charge is 2.76. The Morgan fingerprint density at radius 2 is 1.45 bits per heavy atom. The average Bonchev–Trinajstić information content (AvgIpc) is 2.88. The number of carboxylic acids is 1. The van der Waals surface area contributed by atoms with Crippen LogP contribution in [0.1, 0.15) is 39.5 Å². The quantitative estimate of drug-likeness (QED) is 0.411. The maximum Gasteiger partial charge on any atom is 0.393 e. The van der Waals surface area contributed by atoms with E-state index >= 15 is 0 Å². The molecule has 4 amide bonds. The van der Waals surface area contributed by atoms with Crippen LogP contribution in [0.15, 0.2) is 0 Å². The lowest BCUT2D eigenvalue weighted by Crippen LogP contribution is -2.79. The van der Waals surface area contributed by atoms with Gasteiger partial charge in [-0.25, -0.2) is 19.3 Å². The molecule has 22 heavy (non-hydrogen) atoms. The van der Waals surface area contributed by atoms with Crippen molar-refractivity contribution in [1.29, 1.82) is 0 Å². The fourth-order valence-corrected chi connectivity index (χ4v) is 3.27. The third-order valence-corrected chi connectivity index (χ3v) is 4.28. The number of carboxylic acid groups (broad SMARTS) is 1. The van der Waals surface area contributed by atoms with Crippen LogP contribution in [0.4, 0.5) is 0 Å². The summed E-state index contributed by atoms with van der Waals surface area (Å²) in [6.07, 6.45) is -1.12. The van der Waals surface area contributed by atoms with Crippen LogP contribution < -0.4 is 0 Å². The summed E-state index contributed by atoms with van der Waals surface area (Å²) in [5.74, 6) is -6.54. The lowest BCUT2D eigenvalue weighted by Gasteiger charge is -2.44. The minimum absolute atomic E-state index is 0.219. The molecular weight excluding hydrogens is 296 g/mol. The molecule has 2 aliphatic heterocycles. The lowest BCUT2D eigenvalue weighted by atomic mass is 9.91. The van der Waals surface area contributed by atoms with Crippen molar-refractivity contribution in [2.45, 2.75) is 45.2 Å². The van der Waals surface area contributed by atoms with E-state index in [-0.39, 0.29) is 25.7 Å². The highest BCUT2D eigenvalue weighted by Crippen LogP contribution is 2.42. The van der Waals surface area contributed by atoms with Crippen LogP contribution in [0.3, 0.4) is 0 Å². The maximum absolute atomic E-state index is 12.1. The average molecular weight is 313 g/mol. The molecular formula is C13H17N2O7+. The second-order valence-corrected chi connectivity index (χ2v) is 5.73. The molecule has 2 fully saturated rings. The molecule has 2 heterocycles. The third-order valence-electron chi connectivity index (χ3n) is 4.28. The normalized spacial score (nSPS) is 24.3. The number of amides is 4. The van der Waals surface area contributed by atoms with Crippen molar-refractivity contribution in [3.05, 3.63) is 0 Å². The summed E-state index contributed by atoms with van der Waals surface area (Å²) >= 11 is 0. The molecule has 0 unspecified atom stereocenters. The molecule has 0 aromatic rings. The fourth-order valence-electron chi connectivity index (χ4n) is 3.27. The van der Waals surface area contributed by atoms with E-state index in [0.717, 1.165) is 0 Å². The number of hydroxylamine groups is 3. The fraction of sp³-hybridized carbons (Fsp3) is 0.615. The van der Waals surface area contributed by atoms with Gasteiger partial charge >= 0.3 is 23.4 Å². The number of imide groups is 2. The molecule has 120 valence electrons. The van der Waals surface area contributed by atoms with E-state index in [1.54, 1.807) is 0 Å². The number of hydrogen-bond donors (Lipinski definition) is 2. The number of rotatable bonds is 4. The Labute approximate surface area is 125 Å². The van der Waals surface area contributed by atoms with Gasteiger partial charge in [-0.3, -0.25) is 9.59 Å². The van der Waals surface area contributed by atoms with Crippen molar-refractivity contribution in [2.75, 3.05) is 0 Å². The molecule has 2 aliphatic rings. The molecule has 1 atom stereocenters. The standard InChI is InChI=1S/C13H16N2O7/c1-7(2)13(12(20)21,14-8(16)3-4-9(14)17)15(22)10(18)5-6-11(15)19/h7,22H,3-6H2,1-2H3/p+1/t13-/m0/s1. The van der Waals surface area contributed by atoms with Crippen molar-refractivity contribution in [3.63, 3.8) is 0 Å². The number of aliphatic carboxylic acids is 1. The molecule has 0 radical (unpaired) electrons. The molecule has 2 rings (SSSR count). The topological polar surface area (TPSA) is 129 Å². The summed E-state index contributed by atoms with van der Waals surface area (Å²) in [5, 5.41) is 20.4. The van der Waals surface area contributed by atoms with Gasteiger partial charge in [0.1, 0.15) is 0 Å². The van der Waals surface area contributed by atoms with Gasteiger partial charge in [0.15, 0.2) is 0 Å². The predicted octanol–water partition coefficient (Wildman–Crippen LogP) is -0.375. The van der Waals surface area contributed by atoms with E-state index in [4.69, 9.17) is 0 Å². The van der Waals surface area contributed by atoms with Crippen LogP contribution >= 0.6 is 0 Å². The SMILES string of the molecule is CC(C)[C@](C(=O)O)(N1C(=O)CCC1=O)[N+]1(O)C(=O)CCC1=O. The van der Waals surface area contributed by atoms with E-state index in [0.29, 0.717) is 4.90 Å². The van der Waals surface area contributed by atoms with Crippen LogP contribution in [-0.2, 0) is 24.0 Å². The van der Waals surface area contributed by atoms with Gasteiger partial charge in [0.2, 0.25) is 11.8 Å². The number of nitrogens with zero attached hydrogens (tertiary/aromatic N) is 2. The van der Waals surface area contributed by atoms with Crippen LogP contribution in [0.25, 0.3) is 0 Å². The van der Waals surface area contributed by atoms with Crippen LogP contribution in [-0.4, -0.2) is 55.1 Å². The Balaban J connectivity index is 2.79. The van der Waals surface area contributed by atoms with Crippen LogP contribution in [0.2, 0.25) is 0 Å². The Morgan fingerprint density at radius 3 is 1.77 bits per heavy atom. The highest BCUT2D eigenvalue weighted by molar-refractivity contribution is 6.07. The molecule has 0 aromatic carbocycles. The Bertz CT molecular complexity index is 565. The third kappa shape index (κ3) is 1.69. The summed E-state index contributed by atoms with van der Waals surface area (Å²) in [4.78, 5) is 60.7. The van der Waals surface area contributed by atoms with E-state index in [9.17, 15) is 34.3 Å². The van der Waals surface area contributed by atoms with E-state index < -0.39 is 45.8 Å². The molecule has 9 nitrogen and oxygen atoms in total. The zero-order chi connectivity index (χ0) is 16.9. The molecule has 0 saturated carbocycles. The van der Waals surface area contributed by atoms with Crippen molar-refractivity contribution < 1.29 is 38.9 Å². The van der Waals surface area contributed by atoms with E-state index in [1.807, 2.05) is 0 Å². The van der Waals surface area contributed by atoms with E-state index in [1.165, 1.54) is 13.8 Å². The van der Waals surface area contributed by atoms with Crippen LogP contribution in [0.5, 0.6) is 0 Å². The minimum atomic E-state index is -2.67. The molecule has 2 N–H and O–H groups in total. The molecule has 0 aliphatic carbocycles. The number of carbonyl (C=O) groups is 5. The van der Waals surface area contributed by atoms with Gasteiger partial charge in [-0.2, -0.15) is 5.21 Å². The highest BCUT2D eigenvalue weighted by atomic mass is 16.6. The largest absolute Gasteiger partial charge is 0.475 e. The van der Waals surface area contributed by atoms with Crippen molar-refractivity contribution >= 4 is 29.6 Å². The first-order valence-corrected chi connectivity index (χ1v) is 6.89. The van der Waals surface area contributed by atoms with E-state index in [2.05, 4.69) is 0 Å². The van der Waals surface area contributed by atoms with Gasteiger partial charge in [-0.15, -0.1) is 0 Å². The molecule has 0 bridgehead atoms. The van der Waals surface area contributed by atoms with Crippen molar-refractivity contribution in [3.8, 4) is 0 Å². The first-order valence-electron chi connectivity index (χ1n) is 6.89. The Hall–Kier alpha value is -2.13. The first-order chi connectivity index (χ1) is 10.1. The Kier molecular flexibility index (Phi) is 3.66. The lowest BCUT2D eigenvalue weighted by molar-refractivity contribution is -1.02. The second-order valence-electron chi connectivity index (χ2n) is 5.73. The molecule has 9 heteroatoms. The molecule has 0 spiro atoms. The zero-order valence-corrected chi connectivity index (χ0v) is 12.2. The summed E-state index contributed by atoms with van der Waals surface area (Å²) in [7, 11) is 0. The summed E-state index contributed by atoms with van der Waals surface area (Å²) in [6, 6.07) is 0. The number of hydrogen-bond acceptors (Lipinski definition) is 6. The summed E-state index contributed by atoms with van der Waals surface area (Å²) in [6.45, 7) is 2.67. The molecule has 0 aromatic heterocycles. The van der Waals surface area contributed by atoms with Gasteiger partial charge in [-0.05, 0) is 4.65 Å². The number of carbonyl (C=O) groups excluding carboxylic acids is 4. The minimum Gasteiger partial charge on any atom is -0.475 e. The van der Waals surface area contributed by atoms with Crippen LogP contribution in [0, 0.1) is 5.92 Å². The van der Waals surface area contributed by atoms with Gasteiger partial charge in [0.25, 0.3) is 0 Å². The van der Waals surface area contributed by atoms with Crippen molar-refractivity contribution in [1.82, 2.24) is 4.90 Å². The maximum atomic E-state index is 12.1. The van der Waals surface area contributed by atoms with Crippen molar-refractivity contribution in [2.24, 2.45) is 5.92 Å². The van der Waals surface area contributed by atoms with Gasteiger partial charge < -0.3 is 5.11 Å². The van der Waals surface area contributed by atoms with Gasteiger partial charge in [0.05, 0.1) is 12.8 Å². The zero-order valence-electron chi connectivity index (χ0n) is 12.2. The second kappa shape index (κ2) is 4.96. The summed E-state index contributed by atoms with van der Waals surface area (Å²) in [5.41, 5.74) is -2.67. The molecule has 2 saturated heterocycles. The summed E-state index contributed by atoms with van der Waals surface area (Å²) < 4.78 is -2.07. The number of quaternary nitrogens is 1. The smallest absolute Gasteiger partial charge is 0.393 e. The number of likely N-dealkylation sites (tertiary alicyclic amines) is 2. The predicted molar refractivity (Wildman–Crippen MR) is 67.6 cm³/mol. The Morgan fingerprint density at radius 1 is 1.05 bits per heavy atom. The van der Waals surface area contributed by atoms with Gasteiger partial charge in [-0.1, -0.05) is 13.8 Å². The monoisotopic (exact) mass is 313 g/mol.